The highest BCUT2D eigenvalue weighted by atomic mass is 16.6. The van der Waals surface area contributed by atoms with Gasteiger partial charge in [-0.1, -0.05) is 180 Å². The Morgan fingerprint density at radius 1 is 0.358 bits per heavy atom. The van der Waals surface area contributed by atoms with Crippen LogP contribution in [-0.2, 0) is 28.6 Å². The maximum atomic E-state index is 12.7. The van der Waals surface area contributed by atoms with Crippen LogP contribution >= 0.6 is 0 Å². The van der Waals surface area contributed by atoms with E-state index in [1.807, 2.05) is 0 Å². The van der Waals surface area contributed by atoms with Crippen LogP contribution in [0.2, 0.25) is 0 Å². The second-order valence-electron chi connectivity index (χ2n) is 15.3. The minimum absolute atomic E-state index is 0.0756. The van der Waals surface area contributed by atoms with Crippen molar-refractivity contribution in [2.45, 2.75) is 245 Å². The second kappa shape index (κ2) is 42.6. The molecule has 0 aromatic rings. The summed E-state index contributed by atoms with van der Waals surface area (Å²) in [6.07, 6.45) is 45.8. The summed E-state index contributed by atoms with van der Waals surface area (Å²) < 4.78 is 16.7. The quantitative estimate of drug-likeness (QED) is 0.0268. The first-order valence-corrected chi connectivity index (χ1v) is 22.8. The molecule has 0 aromatic carbocycles. The van der Waals surface area contributed by atoms with Crippen molar-refractivity contribution in [2.75, 3.05) is 13.2 Å². The van der Waals surface area contributed by atoms with Crippen molar-refractivity contribution in [1.82, 2.24) is 0 Å². The number of carbonyl (C=O) groups is 3. The molecular formula is C47H86O6. The van der Waals surface area contributed by atoms with Gasteiger partial charge in [0.15, 0.2) is 6.10 Å². The number of carbonyl (C=O) groups excluding carboxylic acids is 3. The fourth-order valence-corrected chi connectivity index (χ4v) is 6.44. The number of allylic oxidation sites excluding steroid dienone is 4. The van der Waals surface area contributed by atoms with Gasteiger partial charge in [-0.05, 0) is 64.2 Å². The van der Waals surface area contributed by atoms with Gasteiger partial charge in [0.25, 0.3) is 0 Å². The molecule has 0 radical (unpaired) electrons. The van der Waals surface area contributed by atoms with Crippen LogP contribution in [0.25, 0.3) is 0 Å². The van der Waals surface area contributed by atoms with Crippen molar-refractivity contribution in [2.24, 2.45) is 0 Å². The summed E-state index contributed by atoms with van der Waals surface area (Å²) >= 11 is 0. The third kappa shape index (κ3) is 40.9. The van der Waals surface area contributed by atoms with Gasteiger partial charge in [-0.25, -0.2) is 0 Å². The first kappa shape index (κ1) is 50.9. The fourth-order valence-electron chi connectivity index (χ4n) is 6.44. The second-order valence-corrected chi connectivity index (χ2v) is 15.3. The molecule has 0 heterocycles. The minimum Gasteiger partial charge on any atom is -0.462 e. The van der Waals surface area contributed by atoms with E-state index in [0.29, 0.717) is 19.3 Å². The number of rotatable bonds is 41. The molecule has 0 fully saturated rings. The van der Waals surface area contributed by atoms with Gasteiger partial charge in [-0.3, -0.25) is 14.4 Å². The molecule has 0 aromatic heterocycles. The predicted octanol–water partition coefficient (Wildman–Crippen LogP) is 14.4. The maximum absolute atomic E-state index is 12.7. The van der Waals surface area contributed by atoms with E-state index in [4.69, 9.17) is 14.2 Å². The monoisotopic (exact) mass is 747 g/mol. The molecule has 0 rings (SSSR count). The van der Waals surface area contributed by atoms with Crippen LogP contribution in [0.15, 0.2) is 24.3 Å². The Kier molecular flexibility index (Phi) is 40.9. The minimum atomic E-state index is -0.770. The van der Waals surface area contributed by atoms with Gasteiger partial charge in [-0.15, -0.1) is 0 Å². The lowest BCUT2D eigenvalue weighted by Gasteiger charge is -2.18. The van der Waals surface area contributed by atoms with Crippen LogP contribution in [0.4, 0.5) is 0 Å². The van der Waals surface area contributed by atoms with E-state index in [9.17, 15) is 14.4 Å². The van der Waals surface area contributed by atoms with Crippen molar-refractivity contribution in [1.29, 1.82) is 0 Å². The highest BCUT2D eigenvalue weighted by Gasteiger charge is 2.19. The summed E-state index contributed by atoms with van der Waals surface area (Å²) in [5.41, 5.74) is 0. The Balaban J connectivity index is 4.35. The van der Waals surface area contributed by atoms with Gasteiger partial charge in [0.05, 0.1) is 0 Å². The molecule has 0 amide bonds. The number of esters is 3. The number of unbranched alkanes of at least 4 members (excludes halogenated alkanes) is 26. The van der Waals surface area contributed by atoms with E-state index in [-0.39, 0.29) is 31.1 Å². The third-order valence-electron chi connectivity index (χ3n) is 9.91. The fraction of sp³-hybridized carbons (Fsp3) is 0.851. The Morgan fingerprint density at radius 2 is 0.660 bits per heavy atom. The highest BCUT2D eigenvalue weighted by molar-refractivity contribution is 5.71. The van der Waals surface area contributed by atoms with Crippen molar-refractivity contribution < 1.29 is 28.6 Å². The van der Waals surface area contributed by atoms with E-state index < -0.39 is 6.10 Å². The van der Waals surface area contributed by atoms with E-state index in [1.165, 1.54) is 122 Å². The Labute approximate surface area is 328 Å². The molecule has 53 heavy (non-hydrogen) atoms. The summed E-state index contributed by atoms with van der Waals surface area (Å²) in [5.74, 6) is -0.891. The molecule has 6 heteroatoms. The molecule has 0 saturated heterocycles. The summed E-state index contributed by atoms with van der Waals surface area (Å²) in [7, 11) is 0. The molecular weight excluding hydrogens is 661 g/mol. The van der Waals surface area contributed by atoms with Crippen LogP contribution in [0, 0.1) is 0 Å². The van der Waals surface area contributed by atoms with Crippen LogP contribution in [-0.4, -0.2) is 37.2 Å². The number of ether oxygens (including phenoxy) is 3. The molecule has 1 unspecified atom stereocenters. The molecule has 0 N–H and O–H groups in total. The van der Waals surface area contributed by atoms with Crippen molar-refractivity contribution in [3.63, 3.8) is 0 Å². The molecule has 0 bridgehead atoms. The Morgan fingerprint density at radius 3 is 1.02 bits per heavy atom. The molecule has 0 aliphatic rings. The van der Waals surface area contributed by atoms with E-state index in [0.717, 1.165) is 77.0 Å². The zero-order chi connectivity index (χ0) is 38.7. The third-order valence-corrected chi connectivity index (χ3v) is 9.91. The van der Waals surface area contributed by atoms with Gasteiger partial charge in [0.2, 0.25) is 0 Å². The molecule has 1 atom stereocenters. The molecule has 0 aliphatic carbocycles. The van der Waals surface area contributed by atoms with Crippen LogP contribution in [0.1, 0.15) is 239 Å². The van der Waals surface area contributed by atoms with E-state index in [1.54, 1.807) is 0 Å². The zero-order valence-corrected chi connectivity index (χ0v) is 35.3. The topological polar surface area (TPSA) is 78.9 Å². The van der Waals surface area contributed by atoms with Crippen molar-refractivity contribution >= 4 is 17.9 Å². The largest absolute Gasteiger partial charge is 0.462 e. The SMILES string of the molecule is CCC/C=C\CCCCCCCC(=O)OCC(COC(=O)CCCCCCC/C=C\CCCCCCC)OC(=O)CCCCCCCCCCCCC. The average Bonchev–Trinajstić information content (AvgIpc) is 3.15. The lowest BCUT2D eigenvalue weighted by Crippen LogP contribution is -2.30. The lowest BCUT2D eigenvalue weighted by molar-refractivity contribution is -0.167. The highest BCUT2D eigenvalue weighted by Crippen LogP contribution is 2.14. The van der Waals surface area contributed by atoms with E-state index >= 15 is 0 Å². The normalized spacial score (nSPS) is 12.1. The smallest absolute Gasteiger partial charge is 0.306 e. The van der Waals surface area contributed by atoms with Gasteiger partial charge >= 0.3 is 17.9 Å². The van der Waals surface area contributed by atoms with Gasteiger partial charge in [0.1, 0.15) is 13.2 Å². The molecule has 0 spiro atoms. The number of hydrogen-bond acceptors (Lipinski definition) is 6. The van der Waals surface area contributed by atoms with Crippen LogP contribution < -0.4 is 0 Å². The van der Waals surface area contributed by atoms with Crippen molar-refractivity contribution in [3.8, 4) is 0 Å². The summed E-state index contributed by atoms with van der Waals surface area (Å²) in [4.78, 5) is 37.7. The van der Waals surface area contributed by atoms with Crippen LogP contribution in [0.3, 0.4) is 0 Å². The molecule has 6 nitrogen and oxygen atoms in total. The maximum Gasteiger partial charge on any atom is 0.306 e. The van der Waals surface area contributed by atoms with Gasteiger partial charge in [-0.2, -0.15) is 0 Å². The Hall–Kier alpha value is -2.11. The summed E-state index contributed by atoms with van der Waals surface area (Å²) in [6.45, 7) is 6.54. The number of hydrogen-bond donors (Lipinski definition) is 0. The average molecular weight is 747 g/mol. The first-order chi connectivity index (χ1) is 26.0. The summed E-state index contributed by atoms with van der Waals surface area (Å²) in [5, 5.41) is 0. The zero-order valence-electron chi connectivity index (χ0n) is 35.3. The van der Waals surface area contributed by atoms with Gasteiger partial charge < -0.3 is 14.2 Å². The molecule has 310 valence electrons. The Bertz CT molecular complexity index is 865. The van der Waals surface area contributed by atoms with Crippen molar-refractivity contribution in [3.05, 3.63) is 24.3 Å². The first-order valence-electron chi connectivity index (χ1n) is 22.8. The molecule has 0 aliphatic heterocycles. The van der Waals surface area contributed by atoms with Crippen LogP contribution in [0.5, 0.6) is 0 Å². The molecule has 0 saturated carbocycles. The van der Waals surface area contributed by atoms with Gasteiger partial charge in [0, 0.05) is 19.3 Å². The summed E-state index contributed by atoms with van der Waals surface area (Å²) in [6, 6.07) is 0. The lowest BCUT2D eigenvalue weighted by atomic mass is 10.1. The predicted molar refractivity (Wildman–Crippen MR) is 224 cm³/mol. The van der Waals surface area contributed by atoms with E-state index in [2.05, 4.69) is 45.1 Å². The standard InChI is InChI=1S/C47H86O6/c1-4-7-10-13-16-19-22-23-24-26-28-31-34-37-40-46(49)52-43-44(42-51-45(48)39-36-33-30-27-21-18-15-12-9-6-3)53-47(50)41-38-35-32-29-25-20-17-14-11-8-5-2/h12,15,22-23,44H,4-11,13-14,16-21,24-43H2,1-3H3/b15-12-,23-22-.